The van der Waals surface area contributed by atoms with Gasteiger partial charge in [-0.25, -0.2) is 4.98 Å². The third kappa shape index (κ3) is 2.97. The number of aromatic nitrogens is 1. The predicted octanol–water partition coefficient (Wildman–Crippen LogP) is 4.65. The second-order valence-corrected chi connectivity index (χ2v) is 5.23. The molecule has 0 aliphatic carbocycles. The molecule has 0 aliphatic heterocycles. The summed E-state index contributed by atoms with van der Waals surface area (Å²) in [4.78, 5) is 5.24. The van der Waals surface area contributed by atoms with E-state index in [9.17, 15) is 0 Å². The molecule has 0 saturated heterocycles. The van der Waals surface area contributed by atoms with Crippen LogP contribution in [-0.4, -0.2) is 4.98 Å². The Labute approximate surface area is 106 Å². The Morgan fingerprint density at radius 1 is 1.20 bits per heavy atom. The Morgan fingerprint density at radius 2 is 2.07 bits per heavy atom. The maximum Gasteiger partial charge on any atom is 0.101 e. The van der Waals surface area contributed by atoms with Gasteiger partial charge in [-0.15, -0.1) is 0 Å². The van der Waals surface area contributed by atoms with Crippen LogP contribution in [0.4, 0.5) is 0 Å². The van der Waals surface area contributed by atoms with E-state index in [1.807, 2.05) is 36.4 Å². The number of rotatable bonds is 2. The molecule has 0 spiro atoms. The van der Waals surface area contributed by atoms with E-state index in [-0.39, 0.29) is 0 Å². The molecule has 1 aromatic heterocycles. The summed E-state index contributed by atoms with van der Waals surface area (Å²) in [7, 11) is 0. The maximum absolute atomic E-state index is 6.10. The fourth-order valence-electron chi connectivity index (χ4n) is 1.08. The molecule has 2 aromatic rings. The van der Waals surface area contributed by atoms with Crippen molar-refractivity contribution in [3.05, 3.63) is 52.1 Å². The topological polar surface area (TPSA) is 12.9 Å². The first-order valence-electron chi connectivity index (χ1n) is 4.29. The van der Waals surface area contributed by atoms with Crippen LogP contribution in [0.5, 0.6) is 0 Å². The average Bonchev–Trinajstić information content (AvgIpc) is 2.24. The van der Waals surface area contributed by atoms with E-state index in [1.54, 1.807) is 18.0 Å². The van der Waals surface area contributed by atoms with E-state index in [4.69, 9.17) is 11.6 Å². The molecule has 0 bridgehead atoms. The first-order chi connectivity index (χ1) is 7.25. The molecule has 2 rings (SSSR count). The Kier molecular flexibility index (Phi) is 3.67. The van der Waals surface area contributed by atoms with Gasteiger partial charge in [0, 0.05) is 15.6 Å². The van der Waals surface area contributed by atoms with Gasteiger partial charge in [0.25, 0.3) is 0 Å². The van der Waals surface area contributed by atoms with Crippen molar-refractivity contribution >= 4 is 39.3 Å². The van der Waals surface area contributed by atoms with Gasteiger partial charge in [0.05, 0.1) is 5.02 Å². The Bertz CT molecular complexity index is 461. The molecule has 0 unspecified atom stereocenters. The van der Waals surface area contributed by atoms with Crippen LogP contribution in [0.3, 0.4) is 0 Å². The summed E-state index contributed by atoms with van der Waals surface area (Å²) in [5.74, 6) is 0. The van der Waals surface area contributed by atoms with Crippen molar-refractivity contribution in [3.8, 4) is 0 Å². The Hall–Kier alpha value is -0.510. The van der Waals surface area contributed by atoms with Crippen LogP contribution in [0, 0.1) is 0 Å². The molecule has 0 N–H and O–H groups in total. The standard InChI is InChI=1S/C11H7BrClNS/c12-8-4-5-10(9(13)7-8)15-11-3-1-2-6-14-11/h1-7H. The van der Waals surface area contributed by atoms with E-state index in [0.717, 1.165) is 19.4 Å². The summed E-state index contributed by atoms with van der Waals surface area (Å²) in [6.45, 7) is 0. The zero-order valence-electron chi connectivity index (χ0n) is 7.65. The fourth-order valence-corrected chi connectivity index (χ4v) is 2.65. The predicted molar refractivity (Wildman–Crippen MR) is 67.5 cm³/mol. The minimum atomic E-state index is 0.736. The number of nitrogens with zero attached hydrogens (tertiary/aromatic N) is 1. The highest BCUT2D eigenvalue weighted by molar-refractivity contribution is 9.10. The van der Waals surface area contributed by atoms with Gasteiger partial charge < -0.3 is 0 Å². The van der Waals surface area contributed by atoms with Crippen molar-refractivity contribution < 1.29 is 0 Å². The van der Waals surface area contributed by atoms with Gasteiger partial charge in [-0.05, 0) is 30.3 Å². The van der Waals surface area contributed by atoms with Gasteiger partial charge >= 0.3 is 0 Å². The number of hydrogen-bond donors (Lipinski definition) is 0. The lowest BCUT2D eigenvalue weighted by Gasteiger charge is -2.03. The third-order valence-electron chi connectivity index (χ3n) is 1.75. The SMILES string of the molecule is Clc1cc(Br)ccc1Sc1ccccn1. The first-order valence-corrected chi connectivity index (χ1v) is 6.28. The summed E-state index contributed by atoms with van der Waals surface area (Å²) in [6, 6.07) is 11.6. The summed E-state index contributed by atoms with van der Waals surface area (Å²) in [6.07, 6.45) is 1.77. The summed E-state index contributed by atoms with van der Waals surface area (Å²) >= 11 is 11.0. The van der Waals surface area contributed by atoms with Crippen molar-refractivity contribution in [1.29, 1.82) is 0 Å². The summed E-state index contributed by atoms with van der Waals surface area (Å²) < 4.78 is 0.984. The van der Waals surface area contributed by atoms with Gasteiger partial charge in [0.2, 0.25) is 0 Å². The van der Waals surface area contributed by atoms with Crippen LogP contribution < -0.4 is 0 Å². The third-order valence-corrected chi connectivity index (χ3v) is 3.69. The van der Waals surface area contributed by atoms with E-state index >= 15 is 0 Å². The molecule has 0 radical (unpaired) electrons. The Balaban J connectivity index is 2.25. The zero-order valence-corrected chi connectivity index (χ0v) is 10.8. The molecule has 0 saturated carbocycles. The van der Waals surface area contributed by atoms with Gasteiger partial charge in [-0.3, -0.25) is 0 Å². The largest absolute Gasteiger partial charge is 0.250 e. The van der Waals surface area contributed by atoms with Crippen molar-refractivity contribution in [3.63, 3.8) is 0 Å². The summed E-state index contributed by atoms with van der Waals surface area (Å²) in [5.41, 5.74) is 0. The van der Waals surface area contributed by atoms with Gasteiger partial charge in [-0.1, -0.05) is 45.4 Å². The lowest BCUT2D eigenvalue weighted by atomic mass is 10.4. The van der Waals surface area contributed by atoms with Gasteiger partial charge in [0.15, 0.2) is 0 Å². The van der Waals surface area contributed by atoms with Crippen LogP contribution >= 0.6 is 39.3 Å². The van der Waals surface area contributed by atoms with Gasteiger partial charge in [-0.2, -0.15) is 0 Å². The van der Waals surface area contributed by atoms with Crippen LogP contribution in [0.1, 0.15) is 0 Å². The monoisotopic (exact) mass is 299 g/mol. The minimum Gasteiger partial charge on any atom is -0.250 e. The molecular weight excluding hydrogens is 294 g/mol. The number of pyridine rings is 1. The average molecular weight is 301 g/mol. The van der Waals surface area contributed by atoms with Crippen LogP contribution in [0.15, 0.2) is 57.0 Å². The minimum absolute atomic E-state index is 0.736. The van der Waals surface area contributed by atoms with Crippen molar-refractivity contribution in [2.24, 2.45) is 0 Å². The molecule has 0 amide bonds. The van der Waals surface area contributed by atoms with E-state index in [0.29, 0.717) is 0 Å². The van der Waals surface area contributed by atoms with Crippen LogP contribution in [0.2, 0.25) is 5.02 Å². The molecular formula is C11H7BrClNS. The molecule has 0 atom stereocenters. The molecule has 1 heterocycles. The normalized spacial score (nSPS) is 10.3. The Morgan fingerprint density at radius 3 is 2.73 bits per heavy atom. The molecule has 76 valence electrons. The lowest BCUT2D eigenvalue weighted by Crippen LogP contribution is -1.79. The fraction of sp³-hybridized carbons (Fsp3) is 0. The van der Waals surface area contributed by atoms with Crippen LogP contribution in [-0.2, 0) is 0 Å². The van der Waals surface area contributed by atoms with Crippen molar-refractivity contribution in [1.82, 2.24) is 4.98 Å². The van der Waals surface area contributed by atoms with E-state index in [2.05, 4.69) is 20.9 Å². The van der Waals surface area contributed by atoms with Crippen molar-refractivity contribution in [2.45, 2.75) is 9.92 Å². The van der Waals surface area contributed by atoms with E-state index < -0.39 is 0 Å². The molecule has 0 fully saturated rings. The molecule has 4 heteroatoms. The zero-order chi connectivity index (χ0) is 10.7. The number of halogens is 2. The highest BCUT2D eigenvalue weighted by Gasteiger charge is 2.03. The number of benzene rings is 1. The molecule has 0 aliphatic rings. The molecule has 15 heavy (non-hydrogen) atoms. The van der Waals surface area contributed by atoms with E-state index in [1.165, 1.54) is 0 Å². The first kappa shape index (κ1) is 11.0. The molecule has 1 aromatic carbocycles. The highest BCUT2D eigenvalue weighted by atomic mass is 79.9. The molecule has 1 nitrogen and oxygen atoms in total. The van der Waals surface area contributed by atoms with Gasteiger partial charge in [0.1, 0.15) is 5.03 Å². The second kappa shape index (κ2) is 5.01. The summed E-state index contributed by atoms with van der Waals surface area (Å²) in [5, 5.41) is 1.68. The lowest BCUT2D eigenvalue weighted by molar-refractivity contribution is 1.13. The second-order valence-electron chi connectivity index (χ2n) is 2.84. The van der Waals surface area contributed by atoms with Crippen LogP contribution in [0.25, 0.3) is 0 Å². The highest BCUT2D eigenvalue weighted by Crippen LogP contribution is 2.33. The quantitative estimate of drug-likeness (QED) is 0.801. The maximum atomic E-state index is 6.10. The number of hydrogen-bond acceptors (Lipinski definition) is 2. The smallest absolute Gasteiger partial charge is 0.101 e. The van der Waals surface area contributed by atoms with Crippen molar-refractivity contribution in [2.75, 3.05) is 0 Å².